The van der Waals surface area contributed by atoms with Gasteiger partial charge in [-0.2, -0.15) is 0 Å². The molecule has 3 nitrogen and oxygen atoms in total. The van der Waals surface area contributed by atoms with Crippen LogP contribution in [0.3, 0.4) is 0 Å². The zero-order valence-corrected chi connectivity index (χ0v) is 16.3. The van der Waals surface area contributed by atoms with Gasteiger partial charge in [-0.05, 0) is 60.7 Å². The van der Waals surface area contributed by atoms with Gasteiger partial charge in [0.1, 0.15) is 11.5 Å². The second kappa shape index (κ2) is 7.39. The number of aryl methyl sites for hydroxylation is 2. The van der Waals surface area contributed by atoms with Gasteiger partial charge >= 0.3 is 0 Å². The van der Waals surface area contributed by atoms with E-state index in [9.17, 15) is 9.18 Å². The lowest BCUT2D eigenvalue weighted by Gasteiger charge is -2.11. The lowest BCUT2D eigenvalue weighted by atomic mass is 10.0. The minimum absolute atomic E-state index is 0.184. The maximum atomic E-state index is 14.2. The third-order valence-electron chi connectivity index (χ3n) is 4.91. The van der Waals surface area contributed by atoms with Gasteiger partial charge in [0.15, 0.2) is 0 Å². The van der Waals surface area contributed by atoms with Crippen LogP contribution < -0.4 is 5.32 Å². The first kappa shape index (κ1) is 18.9. The van der Waals surface area contributed by atoms with E-state index in [1.165, 1.54) is 11.6 Å². The van der Waals surface area contributed by atoms with E-state index in [4.69, 9.17) is 0 Å². The van der Waals surface area contributed by atoms with Crippen molar-refractivity contribution in [1.29, 1.82) is 0 Å². The number of benzene rings is 2. The van der Waals surface area contributed by atoms with Crippen molar-refractivity contribution in [2.45, 2.75) is 40.2 Å². The Labute approximate surface area is 159 Å². The number of halogens is 1. The molecule has 1 N–H and O–H groups in total. The highest BCUT2D eigenvalue weighted by atomic mass is 19.1. The fraction of sp³-hybridized carbons (Fsp3) is 0.261. The first-order chi connectivity index (χ1) is 12.8. The number of hydrogen-bond donors (Lipinski definition) is 1. The summed E-state index contributed by atoms with van der Waals surface area (Å²) in [6.07, 6.45) is 1.76. The van der Waals surface area contributed by atoms with Crippen LogP contribution >= 0.6 is 0 Å². The molecule has 0 saturated heterocycles. The Morgan fingerprint density at radius 2 is 1.96 bits per heavy atom. The van der Waals surface area contributed by atoms with Gasteiger partial charge in [-0.15, -0.1) is 6.58 Å². The highest BCUT2D eigenvalue weighted by Gasteiger charge is 2.21. The Balaban J connectivity index is 2.11. The van der Waals surface area contributed by atoms with Crippen LogP contribution in [0.1, 0.15) is 46.9 Å². The first-order valence-corrected chi connectivity index (χ1v) is 9.14. The van der Waals surface area contributed by atoms with Crippen molar-refractivity contribution >= 4 is 22.5 Å². The average molecular weight is 364 g/mol. The Morgan fingerprint density at radius 1 is 1.22 bits per heavy atom. The van der Waals surface area contributed by atoms with Gasteiger partial charge < -0.3 is 9.88 Å². The van der Waals surface area contributed by atoms with Gasteiger partial charge in [0.2, 0.25) is 0 Å². The molecule has 0 atom stereocenters. The van der Waals surface area contributed by atoms with E-state index in [1.807, 2.05) is 24.5 Å². The molecule has 27 heavy (non-hydrogen) atoms. The number of rotatable bonds is 5. The molecule has 0 aliphatic heterocycles. The molecule has 1 heterocycles. The topological polar surface area (TPSA) is 34.0 Å². The highest BCUT2D eigenvalue weighted by Crippen LogP contribution is 2.30. The van der Waals surface area contributed by atoms with Gasteiger partial charge in [0.25, 0.3) is 5.91 Å². The van der Waals surface area contributed by atoms with E-state index in [2.05, 4.69) is 37.9 Å². The summed E-state index contributed by atoms with van der Waals surface area (Å²) in [6, 6.07) is 11.1. The maximum absolute atomic E-state index is 14.2. The van der Waals surface area contributed by atoms with Crippen LogP contribution in [0, 0.1) is 19.7 Å². The molecule has 0 spiro atoms. The number of aromatic nitrogens is 1. The fourth-order valence-corrected chi connectivity index (χ4v) is 3.41. The number of nitrogens with zero attached hydrogens (tertiary/aromatic N) is 1. The largest absolute Gasteiger partial charge is 0.332 e. The van der Waals surface area contributed by atoms with E-state index in [0.717, 1.165) is 22.0 Å². The van der Waals surface area contributed by atoms with Gasteiger partial charge in [-0.25, -0.2) is 4.39 Å². The van der Waals surface area contributed by atoms with Gasteiger partial charge in [-0.3, -0.25) is 4.79 Å². The molecule has 0 aliphatic rings. The number of amides is 1. The molecule has 4 heteroatoms. The average Bonchev–Trinajstić information content (AvgIpc) is 2.89. The lowest BCUT2D eigenvalue weighted by Crippen LogP contribution is -2.18. The minimum atomic E-state index is -0.436. The maximum Gasteiger partial charge on any atom is 0.272 e. The predicted octanol–water partition coefficient (Wildman–Crippen LogP) is 5.96. The third kappa shape index (κ3) is 3.52. The van der Waals surface area contributed by atoms with Crippen LogP contribution in [-0.2, 0) is 6.54 Å². The summed E-state index contributed by atoms with van der Waals surface area (Å²) in [6.45, 7) is 12.4. The molecule has 0 radical (unpaired) electrons. The number of carbonyl (C=O) groups excluding carboxylic acids is 1. The van der Waals surface area contributed by atoms with Crippen LogP contribution in [0.4, 0.5) is 10.1 Å². The third-order valence-corrected chi connectivity index (χ3v) is 4.91. The molecule has 1 amide bonds. The summed E-state index contributed by atoms with van der Waals surface area (Å²) >= 11 is 0. The zero-order chi connectivity index (χ0) is 19.7. The molecule has 0 bridgehead atoms. The Morgan fingerprint density at radius 3 is 2.59 bits per heavy atom. The van der Waals surface area contributed by atoms with E-state index in [0.29, 0.717) is 18.2 Å². The van der Waals surface area contributed by atoms with Crippen LogP contribution in [0.25, 0.3) is 10.9 Å². The first-order valence-electron chi connectivity index (χ1n) is 9.14. The van der Waals surface area contributed by atoms with Gasteiger partial charge in [-0.1, -0.05) is 32.1 Å². The van der Waals surface area contributed by atoms with Crippen molar-refractivity contribution in [3.63, 3.8) is 0 Å². The Kier molecular flexibility index (Phi) is 5.17. The molecule has 2 aromatic carbocycles. The standard InChI is InChI=1S/C23H25FN2O/c1-6-11-26-21-10-8-17(14(2)3)13-18(21)16(5)22(26)23(27)25-20-9-7-15(4)12-19(20)24/h6-10,12-14H,1,11H2,2-5H3,(H,25,27). The van der Waals surface area contributed by atoms with Crippen molar-refractivity contribution in [3.05, 3.63) is 77.3 Å². The van der Waals surface area contributed by atoms with Crippen LogP contribution in [0.2, 0.25) is 0 Å². The highest BCUT2D eigenvalue weighted by molar-refractivity contribution is 6.08. The van der Waals surface area contributed by atoms with E-state index in [-0.39, 0.29) is 11.6 Å². The Hall–Kier alpha value is -2.88. The molecular formula is C23H25FN2O. The Bertz CT molecular complexity index is 1030. The molecule has 0 aliphatic carbocycles. The second-order valence-electron chi connectivity index (χ2n) is 7.24. The van der Waals surface area contributed by atoms with Crippen molar-refractivity contribution in [2.75, 3.05) is 5.32 Å². The van der Waals surface area contributed by atoms with E-state index >= 15 is 0 Å². The molecule has 140 valence electrons. The molecule has 0 fully saturated rings. The number of fused-ring (bicyclic) bond motifs is 1. The number of allylic oxidation sites excluding steroid dienone is 1. The quantitative estimate of drug-likeness (QED) is 0.557. The van der Waals surface area contributed by atoms with Crippen LogP contribution in [-0.4, -0.2) is 10.5 Å². The number of hydrogen-bond acceptors (Lipinski definition) is 1. The minimum Gasteiger partial charge on any atom is -0.332 e. The van der Waals surface area contributed by atoms with Crippen LogP contribution in [0.15, 0.2) is 49.1 Å². The van der Waals surface area contributed by atoms with Gasteiger partial charge in [0, 0.05) is 17.4 Å². The second-order valence-corrected chi connectivity index (χ2v) is 7.24. The predicted molar refractivity (Wildman–Crippen MR) is 110 cm³/mol. The normalized spacial score (nSPS) is 11.2. The summed E-state index contributed by atoms with van der Waals surface area (Å²) in [5, 5.41) is 3.76. The lowest BCUT2D eigenvalue weighted by molar-refractivity contribution is 0.101. The SMILES string of the molecule is C=CCn1c(C(=O)Nc2ccc(C)cc2F)c(C)c2cc(C(C)C)ccc21. The number of carbonyl (C=O) groups is 1. The van der Waals surface area contributed by atoms with Crippen LogP contribution in [0.5, 0.6) is 0 Å². The summed E-state index contributed by atoms with van der Waals surface area (Å²) in [5.41, 5.74) is 4.61. The fourth-order valence-electron chi connectivity index (χ4n) is 3.41. The molecule has 0 unspecified atom stereocenters. The van der Waals surface area contributed by atoms with E-state index < -0.39 is 5.82 Å². The van der Waals surface area contributed by atoms with Crippen molar-refractivity contribution in [2.24, 2.45) is 0 Å². The van der Waals surface area contributed by atoms with E-state index in [1.54, 1.807) is 18.2 Å². The molecule has 3 rings (SSSR count). The zero-order valence-electron chi connectivity index (χ0n) is 16.3. The number of anilines is 1. The monoisotopic (exact) mass is 364 g/mol. The summed E-state index contributed by atoms with van der Waals surface area (Å²) < 4.78 is 16.1. The van der Waals surface area contributed by atoms with Crippen molar-refractivity contribution < 1.29 is 9.18 Å². The molecular weight excluding hydrogens is 339 g/mol. The van der Waals surface area contributed by atoms with Crippen molar-refractivity contribution in [1.82, 2.24) is 4.57 Å². The number of nitrogens with one attached hydrogen (secondary N) is 1. The molecule has 0 saturated carbocycles. The summed E-state index contributed by atoms with van der Waals surface area (Å²) in [7, 11) is 0. The molecule has 1 aromatic heterocycles. The van der Waals surface area contributed by atoms with Gasteiger partial charge in [0.05, 0.1) is 5.69 Å². The summed E-state index contributed by atoms with van der Waals surface area (Å²) in [5.74, 6) is -0.357. The summed E-state index contributed by atoms with van der Waals surface area (Å²) in [4.78, 5) is 13.0. The molecule has 3 aromatic rings. The smallest absolute Gasteiger partial charge is 0.272 e. The van der Waals surface area contributed by atoms with Crippen molar-refractivity contribution in [3.8, 4) is 0 Å².